The van der Waals surface area contributed by atoms with Gasteiger partial charge in [0.05, 0.1) is 5.69 Å². The molecule has 2 rings (SSSR count). The fraction of sp³-hybridized carbons (Fsp3) is 0.231. The molecule has 5 heteroatoms. The van der Waals surface area contributed by atoms with E-state index in [9.17, 15) is 4.79 Å². The van der Waals surface area contributed by atoms with E-state index in [2.05, 4.69) is 10.3 Å². The van der Waals surface area contributed by atoms with Gasteiger partial charge < -0.3 is 15.5 Å². The van der Waals surface area contributed by atoms with Crippen molar-refractivity contribution in [2.75, 3.05) is 5.73 Å². The summed E-state index contributed by atoms with van der Waals surface area (Å²) in [6.07, 6.45) is 0. The van der Waals surface area contributed by atoms with Crippen LogP contribution >= 0.6 is 0 Å². The Balaban J connectivity index is 2.05. The van der Waals surface area contributed by atoms with Gasteiger partial charge in [-0.25, -0.2) is 4.98 Å². The van der Waals surface area contributed by atoms with E-state index in [0.717, 1.165) is 5.56 Å². The molecule has 1 heterocycles. The first kappa shape index (κ1) is 12.2. The Morgan fingerprint density at radius 2 is 2.11 bits per heavy atom. The van der Waals surface area contributed by atoms with Crippen molar-refractivity contribution in [1.29, 1.82) is 0 Å². The number of rotatable bonds is 3. The first-order valence-electron chi connectivity index (χ1n) is 5.63. The quantitative estimate of drug-likeness (QED) is 0.808. The Morgan fingerprint density at radius 3 is 2.72 bits per heavy atom. The van der Waals surface area contributed by atoms with E-state index in [1.807, 2.05) is 18.2 Å². The molecule has 0 unspecified atom stereocenters. The molecule has 0 bridgehead atoms. The van der Waals surface area contributed by atoms with E-state index in [0.29, 0.717) is 23.8 Å². The van der Waals surface area contributed by atoms with E-state index < -0.39 is 0 Å². The van der Waals surface area contributed by atoms with Gasteiger partial charge in [-0.15, -0.1) is 0 Å². The molecule has 0 saturated carbocycles. The second-order valence-corrected chi connectivity index (χ2v) is 4.03. The van der Waals surface area contributed by atoms with Crippen molar-refractivity contribution in [2.24, 2.45) is 0 Å². The maximum Gasteiger partial charge on any atom is 0.289 e. The van der Waals surface area contributed by atoms with Crippen LogP contribution < -0.4 is 11.1 Å². The molecule has 5 nitrogen and oxygen atoms in total. The molecule has 0 saturated heterocycles. The number of carbonyl (C=O) groups is 1. The van der Waals surface area contributed by atoms with Crippen LogP contribution in [-0.4, -0.2) is 10.9 Å². The van der Waals surface area contributed by atoms with Crippen LogP contribution in [0.4, 0.5) is 5.69 Å². The Morgan fingerprint density at radius 1 is 1.39 bits per heavy atom. The Hall–Kier alpha value is -2.30. The number of carbonyl (C=O) groups excluding carboxylic acids is 1. The topological polar surface area (TPSA) is 81.2 Å². The predicted octanol–water partition coefficient (Wildman–Crippen LogP) is 1.80. The Labute approximate surface area is 105 Å². The predicted molar refractivity (Wildman–Crippen MR) is 68.0 cm³/mol. The number of aromatic nitrogens is 1. The van der Waals surface area contributed by atoms with Crippen molar-refractivity contribution in [3.8, 4) is 0 Å². The van der Waals surface area contributed by atoms with Crippen molar-refractivity contribution < 1.29 is 9.21 Å². The maximum atomic E-state index is 11.9. The van der Waals surface area contributed by atoms with Crippen LogP contribution in [-0.2, 0) is 6.54 Å². The smallest absolute Gasteiger partial charge is 0.289 e. The summed E-state index contributed by atoms with van der Waals surface area (Å²) in [5.41, 5.74) is 7.91. The summed E-state index contributed by atoms with van der Waals surface area (Å²) in [5, 5.41) is 2.76. The summed E-state index contributed by atoms with van der Waals surface area (Å²) >= 11 is 0. The lowest BCUT2D eigenvalue weighted by molar-refractivity contribution is 0.0921. The third kappa shape index (κ3) is 2.51. The van der Waals surface area contributed by atoms with E-state index in [1.54, 1.807) is 19.9 Å². The van der Waals surface area contributed by atoms with Gasteiger partial charge >= 0.3 is 0 Å². The molecule has 94 valence electrons. The van der Waals surface area contributed by atoms with Gasteiger partial charge in [0.1, 0.15) is 0 Å². The third-order valence-corrected chi connectivity index (χ3v) is 2.60. The average molecular weight is 245 g/mol. The molecular formula is C13H15N3O2. The van der Waals surface area contributed by atoms with Gasteiger partial charge in [-0.1, -0.05) is 18.2 Å². The molecule has 1 aromatic heterocycles. The standard InChI is InChI=1S/C13H15N3O2/c1-8-12(18-9(2)16-8)13(17)15-7-10-5-3-4-6-11(10)14/h3-6H,7,14H2,1-2H3,(H,15,17). The number of nitrogens with two attached hydrogens (primary N) is 1. The Bertz CT molecular complexity index is 575. The van der Waals surface area contributed by atoms with Crippen molar-refractivity contribution in [1.82, 2.24) is 10.3 Å². The fourth-order valence-electron chi connectivity index (χ4n) is 1.69. The number of nitrogens with zero attached hydrogens (tertiary/aromatic N) is 1. The van der Waals surface area contributed by atoms with E-state index in [4.69, 9.17) is 10.2 Å². The van der Waals surface area contributed by atoms with Crippen molar-refractivity contribution in [3.05, 3.63) is 47.2 Å². The number of para-hydroxylation sites is 1. The molecule has 0 aliphatic carbocycles. The first-order chi connectivity index (χ1) is 8.58. The minimum atomic E-state index is -0.281. The van der Waals surface area contributed by atoms with Gasteiger partial charge in [0.15, 0.2) is 5.89 Å². The van der Waals surface area contributed by atoms with E-state index in [-0.39, 0.29) is 11.7 Å². The molecule has 0 spiro atoms. The highest BCUT2D eigenvalue weighted by atomic mass is 16.4. The minimum absolute atomic E-state index is 0.252. The van der Waals surface area contributed by atoms with Crippen LogP contribution in [0.3, 0.4) is 0 Å². The number of aryl methyl sites for hydroxylation is 2. The molecule has 2 aromatic rings. The normalized spacial score (nSPS) is 10.3. The van der Waals surface area contributed by atoms with Crippen LogP contribution in [0.1, 0.15) is 27.7 Å². The highest BCUT2D eigenvalue weighted by molar-refractivity contribution is 5.92. The van der Waals surface area contributed by atoms with Crippen molar-refractivity contribution in [3.63, 3.8) is 0 Å². The third-order valence-electron chi connectivity index (χ3n) is 2.60. The van der Waals surface area contributed by atoms with Crippen LogP contribution in [0, 0.1) is 13.8 Å². The maximum absolute atomic E-state index is 11.9. The van der Waals surface area contributed by atoms with Crippen molar-refractivity contribution in [2.45, 2.75) is 20.4 Å². The number of hydrogen-bond acceptors (Lipinski definition) is 4. The lowest BCUT2D eigenvalue weighted by atomic mass is 10.2. The monoisotopic (exact) mass is 245 g/mol. The molecule has 0 aliphatic rings. The molecule has 1 aromatic carbocycles. The van der Waals surface area contributed by atoms with Crippen LogP contribution in [0.5, 0.6) is 0 Å². The number of nitrogen functional groups attached to an aromatic ring is 1. The summed E-state index contributed by atoms with van der Waals surface area (Å²) in [4.78, 5) is 15.9. The first-order valence-corrected chi connectivity index (χ1v) is 5.63. The van der Waals surface area contributed by atoms with Crippen LogP contribution in [0.15, 0.2) is 28.7 Å². The molecular weight excluding hydrogens is 230 g/mol. The zero-order chi connectivity index (χ0) is 13.1. The fourth-order valence-corrected chi connectivity index (χ4v) is 1.69. The SMILES string of the molecule is Cc1nc(C)c(C(=O)NCc2ccccc2N)o1. The molecule has 18 heavy (non-hydrogen) atoms. The van der Waals surface area contributed by atoms with Gasteiger partial charge in [0, 0.05) is 19.2 Å². The largest absolute Gasteiger partial charge is 0.436 e. The molecule has 0 fully saturated rings. The summed E-state index contributed by atoms with van der Waals surface area (Å²) in [6.45, 7) is 3.81. The van der Waals surface area contributed by atoms with Gasteiger partial charge in [-0.2, -0.15) is 0 Å². The lowest BCUT2D eigenvalue weighted by Gasteiger charge is -2.06. The summed E-state index contributed by atoms with van der Waals surface area (Å²) in [5.74, 6) is 0.454. The molecule has 0 aliphatic heterocycles. The highest BCUT2D eigenvalue weighted by Crippen LogP contribution is 2.12. The second-order valence-electron chi connectivity index (χ2n) is 4.03. The zero-order valence-electron chi connectivity index (χ0n) is 10.4. The number of oxazole rings is 1. The minimum Gasteiger partial charge on any atom is -0.436 e. The number of benzene rings is 1. The molecule has 0 radical (unpaired) electrons. The summed E-state index contributed by atoms with van der Waals surface area (Å²) in [7, 11) is 0. The number of amides is 1. The lowest BCUT2D eigenvalue weighted by Crippen LogP contribution is -2.23. The highest BCUT2D eigenvalue weighted by Gasteiger charge is 2.15. The summed E-state index contributed by atoms with van der Waals surface area (Å²) < 4.78 is 5.24. The van der Waals surface area contributed by atoms with Gasteiger partial charge in [-0.05, 0) is 18.6 Å². The van der Waals surface area contributed by atoms with Gasteiger partial charge in [-0.3, -0.25) is 4.79 Å². The van der Waals surface area contributed by atoms with Gasteiger partial charge in [0.25, 0.3) is 5.91 Å². The summed E-state index contributed by atoms with van der Waals surface area (Å²) in [6, 6.07) is 7.39. The Kier molecular flexibility index (Phi) is 3.32. The van der Waals surface area contributed by atoms with Crippen LogP contribution in [0.2, 0.25) is 0 Å². The van der Waals surface area contributed by atoms with E-state index in [1.165, 1.54) is 0 Å². The molecule has 0 atom stereocenters. The molecule has 1 amide bonds. The van der Waals surface area contributed by atoms with Gasteiger partial charge in [0.2, 0.25) is 5.76 Å². The molecule has 3 N–H and O–H groups in total. The van der Waals surface area contributed by atoms with E-state index >= 15 is 0 Å². The number of hydrogen-bond donors (Lipinski definition) is 2. The zero-order valence-corrected chi connectivity index (χ0v) is 10.4. The number of anilines is 1. The number of nitrogens with one attached hydrogen (secondary N) is 1. The average Bonchev–Trinajstić information content (AvgIpc) is 2.67. The second kappa shape index (κ2) is 4.91. The van der Waals surface area contributed by atoms with Crippen LogP contribution in [0.25, 0.3) is 0 Å². The van der Waals surface area contributed by atoms with Crippen molar-refractivity contribution >= 4 is 11.6 Å².